The highest BCUT2D eigenvalue weighted by Gasteiger charge is 2.12. The van der Waals surface area contributed by atoms with Crippen molar-refractivity contribution < 1.29 is 9.90 Å². The summed E-state index contributed by atoms with van der Waals surface area (Å²) in [6.45, 7) is 8.00. The molecule has 2 heterocycles. The number of rotatable bonds is 2. The van der Waals surface area contributed by atoms with E-state index in [9.17, 15) is 4.79 Å². The Labute approximate surface area is 134 Å². The van der Waals surface area contributed by atoms with Crippen LogP contribution in [0.4, 0.5) is 0 Å². The van der Waals surface area contributed by atoms with E-state index in [1.165, 1.54) is 30.6 Å². The third-order valence-corrected chi connectivity index (χ3v) is 2.51. The van der Waals surface area contributed by atoms with Crippen LogP contribution in [0.1, 0.15) is 38.1 Å². The van der Waals surface area contributed by atoms with E-state index >= 15 is 0 Å². The van der Waals surface area contributed by atoms with Gasteiger partial charge in [-0.2, -0.15) is 0 Å². The van der Waals surface area contributed by atoms with Crippen LogP contribution in [0.3, 0.4) is 0 Å². The fraction of sp³-hybridized carbons (Fsp3) is 0.267. The third kappa shape index (κ3) is 5.69. The molecular weight excluding hydrogens is 311 g/mol. The molecule has 0 aromatic carbocycles. The fourth-order valence-electron chi connectivity index (χ4n) is 1.43. The molecule has 0 saturated carbocycles. The minimum Gasteiger partial charge on any atom is -0.478 e. The number of aromatic carboxylic acids is 1. The number of halogens is 2. The molecule has 1 N–H and O–H groups in total. The monoisotopic (exact) mass is 328 g/mol. The lowest BCUT2D eigenvalue weighted by atomic mass is 10.0. The van der Waals surface area contributed by atoms with Gasteiger partial charge in [0, 0.05) is 18.0 Å². The number of nitrogens with zero attached hydrogens (tertiary/aromatic N) is 2. The van der Waals surface area contributed by atoms with Gasteiger partial charge >= 0.3 is 5.97 Å². The quantitative estimate of drug-likeness (QED) is 0.769. The largest absolute Gasteiger partial charge is 0.478 e. The van der Waals surface area contributed by atoms with Crippen LogP contribution in [0, 0.1) is 0 Å². The van der Waals surface area contributed by atoms with E-state index in [0.29, 0.717) is 11.1 Å². The molecule has 2 aromatic rings. The van der Waals surface area contributed by atoms with Crippen molar-refractivity contribution in [3.05, 3.63) is 46.5 Å². The van der Waals surface area contributed by atoms with Crippen molar-refractivity contribution in [3.8, 4) is 11.1 Å². The zero-order chi connectivity index (χ0) is 16.4. The van der Waals surface area contributed by atoms with Crippen LogP contribution in [0.5, 0.6) is 0 Å². The Hall–Kier alpha value is -1.65. The Kier molecular flexibility index (Phi) is 9.34. The molecule has 0 aliphatic rings. The van der Waals surface area contributed by atoms with Crippen molar-refractivity contribution in [2.75, 3.05) is 0 Å². The number of carboxylic acid groups (broad SMARTS) is 1. The maximum Gasteiger partial charge on any atom is 0.336 e. The zero-order valence-corrected chi connectivity index (χ0v) is 13.9. The van der Waals surface area contributed by atoms with E-state index < -0.39 is 5.97 Å². The highest BCUT2D eigenvalue weighted by atomic mass is 35.5. The number of hydrogen-bond acceptors (Lipinski definition) is 3. The molecule has 0 aliphatic heterocycles. The van der Waals surface area contributed by atoms with Crippen LogP contribution in [0.15, 0.2) is 30.6 Å². The van der Waals surface area contributed by atoms with Crippen LogP contribution in [0.25, 0.3) is 11.1 Å². The van der Waals surface area contributed by atoms with E-state index in [0.717, 1.165) is 0 Å². The van der Waals surface area contributed by atoms with Gasteiger partial charge < -0.3 is 5.11 Å². The average molecular weight is 329 g/mol. The summed E-state index contributed by atoms with van der Waals surface area (Å²) in [5, 5.41) is 9.46. The standard InChI is InChI=1S/C11H6Cl2N2O2.2C2H6/c12-9-3-6(4-10(13)15-9)8-5-14-2-1-7(8)11(16)17;2*1-2/h1-5H,(H,16,17);2*1-2H3. The van der Waals surface area contributed by atoms with Gasteiger partial charge in [0.05, 0.1) is 5.56 Å². The lowest BCUT2D eigenvalue weighted by molar-refractivity contribution is 0.0697. The minimum atomic E-state index is -1.04. The van der Waals surface area contributed by atoms with Crippen LogP contribution in [-0.4, -0.2) is 21.0 Å². The van der Waals surface area contributed by atoms with E-state index in [1.54, 1.807) is 0 Å². The van der Waals surface area contributed by atoms with E-state index in [4.69, 9.17) is 28.3 Å². The highest BCUT2D eigenvalue weighted by molar-refractivity contribution is 6.32. The molecule has 0 unspecified atom stereocenters. The maximum atomic E-state index is 11.1. The Morgan fingerprint density at radius 3 is 2.10 bits per heavy atom. The first-order chi connectivity index (χ1) is 10.1. The Balaban J connectivity index is 0.000000921. The summed E-state index contributed by atoms with van der Waals surface area (Å²) in [5.41, 5.74) is 1.16. The van der Waals surface area contributed by atoms with E-state index in [-0.39, 0.29) is 15.9 Å². The summed E-state index contributed by atoms with van der Waals surface area (Å²) >= 11 is 11.5. The topological polar surface area (TPSA) is 63.1 Å². The van der Waals surface area contributed by atoms with Gasteiger partial charge in [-0.05, 0) is 23.8 Å². The lowest BCUT2D eigenvalue weighted by Gasteiger charge is -2.06. The van der Waals surface area contributed by atoms with Crippen molar-refractivity contribution in [2.45, 2.75) is 27.7 Å². The molecule has 0 atom stereocenters. The second-order valence-corrected chi connectivity index (χ2v) is 4.00. The summed E-state index contributed by atoms with van der Waals surface area (Å²) < 4.78 is 0. The van der Waals surface area contributed by atoms with Crippen molar-refractivity contribution in [2.24, 2.45) is 0 Å². The molecule has 0 fully saturated rings. The van der Waals surface area contributed by atoms with Crippen LogP contribution in [-0.2, 0) is 0 Å². The molecule has 2 aromatic heterocycles. The fourth-order valence-corrected chi connectivity index (χ4v) is 1.89. The molecule has 6 heteroatoms. The maximum absolute atomic E-state index is 11.1. The third-order valence-electron chi connectivity index (χ3n) is 2.13. The van der Waals surface area contributed by atoms with E-state index in [2.05, 4.69) is 9.97 Å². The molecular formula is C15H18Cl2N2O2. The number of carbonyl (C=O) groups is 1. The zero-order valence-electron chi connectivity index (χ0n) is 12.4. The minimum absolute atomic E-state index is 0.137. The summed E-state index contributed by atoms with van der Waals surface area (Å²) in [5.74, 6) is -1.04. The van der Waals surface area contributed by atoms with Crippen LogP contribution >= 0.6 is 23.2 Å². The van der Waals surface area contributed by atoms with Gasteiger partial charge in [0.25, 0.3) is 0 Å². The first-order valence-corrected chi connectivity index (χ1v) is 7.34. The number of carboxylic acids is 1. The Bertz CT molecular complexity index is 569. The molecule has 0 aliphatic carbocycles. The summed E-state index contributed by atoms with van der Waals surface area (Å²) in [6.07, 6.45) is 2.86. The smallest absolute Gasteiger partial charge is 0.336 e. The van der Waals surface area contributed by atoms with Crippen molar-refractivity contribution >= 4 is 29.2 Å². The first kappa shape index (κ1) is 19.4. The molecule has 0 spiro atoms. The second kappa shape index (κ2) is 10.1. The average Bonchev–Trinajstić information content (AvgIpc) is 2.50. The van der Waals surface area contributed by atoms with Gasteiger partial charge in [-0.3, -0.25) is 4.98 Å². The van der Waals surface area contributed by atoms with Gasteiger partial charge in [0.1, 0.15) is 10.3 Å². The summed E-state index contributed by atoms with van der Waals surface area (Å²) in [4.78, 5) is 18.7. The summed E-state index contributed by atoms with van der Waals surface area (Å²) in [6, 6.07) is 4.49. The molecule has 4 nitrogen and oxygen atoms in total. The molecule has 0 amide bonds. The molecule has 0 radical (unpaired) electrons. The molecule has 21 heavy (non-hydrogen) atoms. The van der Waals surface area contributed by atoms with Gasteiger partial charge in [0.15, 0.2) is 0 Å². The van der Waals surface area contributed by atoms with Crippen molar-refractivity contribution in [3.63, 3.8) is 0 Å². The van der Waals surface area contributed by atoms with Crippen LogP contribution < -0.4 is 0 Å². The normalized spacial score (nSPS) is 8.86. The second-order valence-electron chi connectivity index (χ2n) is 3.23. The van der Waals surface area contributed by atoms with E-state index in [1.807, 2.05) is 27.7 Å². The predicted octanol–water partition coefficient (Wildman–Crippen LogP) is 5.20. The Morgan fingerprint density at radius 2 is 1.62 bits per heavy atom. The molecule has 0 saturated heterocycles. The van der Waals surface area contributed by atoms with Gasteiger partial charge in [0.2, 0.25) is 0 Å². The molecule has 114 valence electrons. The SMILES string of the molecule is CC.CC.O=C(O)c1ccncc1-c1cc(Cl)nc(Cl)c1. The van der Waals surface area contributed by atoms with Gasteiger partial charge in [-0.1, -0.05) is 50.9 Å². The van der Waals surface area contributed by atoms with Crippen molar-refractivity contribution in [1.82, 2.24) is 9.97 Å². The molecule has 0 bridgehead atoms. The van der Waals surface area contributed by atoms with Crippen LogP contribution in [0.2, 0.25) is 10.3 Å². The lowest BCUT2D eigenvalue weighted by Crippen LogP contribution is -2.00. The Morgan fingerprint density at radius 1 is 1.10 bits per heavy atom. The van der Waals surface area contributed by atoms with Gasteiger partial charge in [-0.25, -0.2) is 9.78 Å². The summed E-state index contributed by atoms with van der Waals surface area (Å²) in [7, 11) is 0. The van der Waals surface area contributed by atoms with Gasteiger partial charge in [-0.15, -0.1) is 0 Å². The number of hydrogen-bond donors (Lipinski definition) is 1. The number of pyridine rings is 2. The number of aromatic nitrogens is 2. The predicted molar refractivity (Wildman–Crippen MR) is 87.1 cm³/mol. The van der Waals surface area contributed by atoms with Crippen molar-refractivity contribution in [1.29, 1.82) is 0 Å². The highest BCUT2D eigenvalue weighted by Crippen LogP contribution is 2.27. The first-order valence-electron chi connectivity index (χ1n) is 6.58. The molecule has 2 rings (SSSR count).